The van der Waals surface area contributed by atoms with Crippen LogP contribution in [0.1, 0.15) is 103 Å². The molecule has 0 aliphatic carbocycles. The smallest absolute Gasteiger partial charge is 0.330 e. The van der Waals surface area contributed by atoms with E-state index in [1.54, 1.807) is 11.8 Å². The number of carbonyl (C=O) groups is 2. The zero-order valence-corrected chi connectivity index (χ0v) is 19.3. The zero-order valence-electron chi connectivity index (χ0n) is 17.4. The van der Waals surface area contributed by atoms with Gasteiger partial charge >= 0.3 is 11.9 Å². The molecule has 0 rings (SSSR count). The van der Waals surface area contributed by atoms with E-state index in [1.807, 2.05) is 6.26 Å². The summed E-state index contributed by atoms with van der Waals surface area (Å²) in [5, 5.41) is 0. The number of esters is 2. The van der Waals surface area contributed by atoms with Crippen LogP contribution in [0, 0.1) is 0 Å². The molecule has 2 N–H and O–H groups in total. The van der Waals surface area contributed by atoms with Crippen molar-refractivity contribution in [3.8, 4) is 0 Å². The van der Waals surface area contributed by atoms with Gasteiger partial charge in [-0.3, -0.25) is 4.79 Å². The van der Waals surface area contributed by atoms with Gasteiger partial charge in [-0.1, -0.05) is 84.0 Å². The molecule has 0 heterocycles. The molecule has 0 bridgehead atoms. The maximum atomic E-state index is 11.6. The van der Waals surface area contributed by atoms with Crippen molar-refractivity contribution in [2.75, 3.05) is 12.0 Å². The topological polar surface area (TPSA) is 69.4 Å². The van der Waals surface area contributed by atoms with Gasteiger partial charge in [0.2, 0.25) is 0 Å². The number of unbranched alkanes of at least 4 members (excludes halogenated alkanes) is 12. The van der Waals surface area contributed by atoms with Gasteiger partial charge in [0.1, 0.15) is 6.04 Å². The molecule has 0 aliphatic heterocycles. The second kappa shape index (κ2) is 22.2. The summed E-state index contributed by atoms with van der Waals surface area (Å²) in [6, 6.07) is -0.682. The molecule has 27 heavy (non-hydrogen) atoms. The molecule has 0 aromatic carbocycles. The number of nitrogens with two attached hydrogens (primary N) is 1. The molecule has 1 unspecified atom stereocenters. The Balaban J connectivity index is 0. The third-order valence-electron chi connectivity index (χ3n) is 4.63. The Morgan fingerprint density at radius 2 is 1.30 bits per heavy atom. The molecule has 0 aromatic heterocycles. The summed E-state index contributed by atoms with van der Waals surface area (Å²) in [4.78, 5) is 23.2. The summed E-state index contributed by atoms with van der Waals surface area (Å²) in [5.74, 6) is -0.222. The van der Waals surface area contributed by atoms with Crippen LogP contribution in [-0.2, 0) is 31.1 Å². The molecule has 0 aliphatic rings. The van der Waals surface area contributed by atoms with E-state index < -0.39 is 18.0 Å². The van der Waals surface area contributed by atoms with Crippen molar-refractivity contribution in [1.82, 2.24) is 0 Å². The Labute approximate surface area is 181 Å². The molecule has 0 fully saturated rings. The quantitative estimate of drug-likeness (QED) is 0.168. The van der Waals surface area contributed by atoms with E-state index in [0.717, 1.165) is 25.0 Å². The van der Waals surface area contributed by atoms with Crippen LogP contribution in [0.5, 0.6) is 0 Å². The van der Waals surface area contributed by atoms with Crippen molar-refractivity contribution < 1.29 is 31.1 Å². The maximum Gasteiger partial charge on any atom is 0.330 e. The minimum Gasteiger partial charge on any atom is -0.392 e. The molecular weight excluding hydrogens is 405 g/mol. The van der Waals surface area contributed by atoms with Gasteiger partial charge in [-0.2, -0.15) is 11.8 Å². The Bertz CT molecular complexity index is 356. The maximum absolute atomic E-state index is 11.6. The first kappa shape index (κ1) is 29.2. The number of carbonyl (C=O) groups excluding carboxylic acids is 2. The fraction of sp³-hybridized carbons (Fsp3) is 0.905. The van der Waals surface area contributed by atoms with Crippen molar-refractivity contribution >= 4 is 23.7 Å². The van der Waals surface area contributed by atoms with Gasteiger partial charge in [-0.15, -0.1) is 0 Å². The van der Waals surface area contributed by atoms with E-state index in [-0.39, 0.29) is 16.8 Å². The van der Waals surface area contributed by atoms with Gasteiger partial charge in [0.15, 0.2) is 0 Å². The number of thioether (sulfide) groups is 1. The van der Waals surface area contributed by atoms with Gasteiger partial charge in [-0.25, -0.2) is 4.79 Å². The molecule has 0 saturated heterocycles. The minimum absolute atomic E-state index is 0. The van der Waals surface area contributed by atoms with Crippen molar-refractivity contribution in [2.45, 2.75) is 109 Å². The predicted molar refractivity (Wildman–Crippen MR) is 112 cm³/mol. The van der Waals surface area contributed by atoms with Gasteiger partial charge in [0.25, 0.3) is 0 Å². The average Bonchev–Trinajstić information content (AvgIpc) is 2.63. The van der Waals surface area contributed by atoms with Crippen LogP contribution in [0.2, 0.25) is 0 Å². The van der Waals surface area contributed by atoms with E-state index in [4.69, 9.17) is 10.5 Å². The second-order valence-corrected chi connectivity index (χ2v) is 8.16. The van der Waals surface area contributed by atoms with Crippen molar-refractivity contribution in [3.05, 3.63) is 0 Å². The third-order valence-corrected chi connectivity index (χ3v) is 5.28. The van der Waals surface area contributed by atoms with Gasteiger partial charge < -0.3 is 10.5 Å². The van der Waals surface area contributed by atoms with E-state index in [9.17, 15) is 9.59 Å². The molecule has 0 amide bonds. The summed E-state index contributed by atoms with van der Waals surface area (Å²) in [7, 11) is 0. The summed E-state index contributed by atoms with van der Waals surface area (Å²) in [5.41, 5.74) is 5.69. The third kappa shape index (κ3) is 20.5. The summed E-state index contributed by atoms with van der Waals surface area (Å²) >= 11 is 1.62. The summed E-state index contributed by atoms with van der Waals surface area (Å²) in [6.45, 7) is 2.26. The van der Waals surface area contributed by atoms with Gasteiger partial charge in [0.05, 0.1) is 0 Å². The van der Waals surface area contributed by atoms with Gasteiger partial charge in [0, 0.05) is 23.2 Å². The van der Waals surface area contributed by atoms with Crippen molar-refractivity contribution in [3.63, 3.8) is 0 Å². The monoisotopic (exact) mass is 446 g/mol. The molecular formula is C21H41CoNO3S. The van der Waals surface area contributed by atoms with Crippen LogP contribution >= 0.6 is 11.8 Å². The van der Waals surface area contributed by atoms with Crippen LogP contribution in [0.25, 0.3) is 0 Å². The Morgan fingerprint density at radius 3 is 1.74 bits per heavy atom. The molecule has 4 nitrogen and oxygen atoms in total. The standard InChI is InChI=1S/C21H41NO3S.Co/c1-3-4-5-6-7-8-9-10-11-12-13-14-15-16-20(23)25-21(24)19(22)17-18-26-2;/h19H,3-18,22H2,1-2H3;. The molecule has 0 saturated carbocycles. The SMILES string of the molecule is CCCCCCCCCCCCCCCC(=O)OC(=O)C(N)CCSC.[Co]. The normalized spacial score (nSPS) is 11.7. The number of hydrogen-bond acceptors (Lipinski definition) is 5. The summed E-state index contributed by atoms with van der Waals surface area (Å²) < 4.78 is 4.80. The van der Waals surface area contributed by atoms with Crippen molar-refractivity contribution in [2.24, 2.45) is 5.73 Å². The van der Waals surface area contributed by atoms with E-state index in [1.165, 1.54) is 64.2 Å². The molecule has 0 aromatic rings. The molecule has 1 radical (unpaired) electrons. The first-order valence-electron chi connectivity index (χ1n) is 10.6. The van der Waals surface area contributed by atoms with E-state index in [2.05, 4.69) is 6.92 Å². The van der Waals surface area contributed by atoms with Crippen LogP contribution < -0.4 is 5.73 Å². The van der Waals surface area contributed by atoms with Crippen LogP contribution in [0.4, 0.5) is 0 Å². The van der Waals surface area contributed by atoms with Crippen molar-refractivity contribution in [1.29, 1.82) is 0 Å². The van der Waals surface area contributed by atoms with E-state index in [0.29, 0.717) is 12.8 Å². The number of rotatable bonds is 18. The zero-order chi connectivity index (χ0) is 19.5. The average molecular weight is 447 g/mol. The predicted octanol–water partition coefficient (Wildman–Crippen LogP) is 5.62. The number of ether oxygens (including phenoxy) is 1. The molecule has 0 spiro atoms. The van der Waals surface area contributed by atoms with Crippen LogP contribution in [-0.4, -0.2) is 30.0 Å². The number of hydrogen-bond donors (Lipinski definition) is 1. The largest absolute Gasteiger partial charge is 0.392 e. The fourth-order valence-electron chi connectivity index (χ4n) is 2.89. The second-order valence-electron chi connectivity index (χ2n) is 7.17. The first-order chi connectivity index (χ1) is 12.6. The van der Waals surface area contributed by atoms with Gasteiger partial charge in [-0.05, 0) is 24.9 Å². The first-order valence-corrected chi connectivity index (χ1v) is 12.0. The Morgan fingerprint density at radius 1 is 0.852 bits per heavy atom. The Hall–Kier alpha value is -0.0435. The molecule has 6 heteroatoms. The Kier molecular flexibility index (Phi) is 24.0. The molecule has 163 valence electrons. The minimum atomic E-state index is -0.682. The molecule has 1 atom stereocenters. The fourth-order valence-corrected chi connectivity index (χ4v) is 3.38. The van der Waals surface area contributed by atoms with Crippen LogP contribution in [0.3, 0.4) is 0 Å². The summed E-state index contributed by atoms with van der Waals surface area (Å²) in [6.07, 6.45) is 19.3. The van der Waals surface area contributed by atoms with E-state index >= 15 is 0 Å². The van der Waals surface area contributed by atoms with Crippen LogP contribution in [0.15, 0.2) is 0 Å².